The predicted octanol–water partition coefficient (Wildman–Crippen LogP) is 5.36. The van der Waals surface area contributed by atoms with Gasteiger partial charge in [-0.2, -0.15) is 0 Å². The third-order valence-electron chi connectivity index (χ3n) is 5.06. The molecule has 2 aliphatic heterocycles. The molecule has 3 aromatic rings. The smallest absolute Gasteiger partial charge is 0.232 e. The number of rotatable bonds is 3. The first-order valence-electron chi connectivity index (χ1n) is 9.39. The number of ketones is 1. The van der Waals surface area contributed by atoms with Gasteiger partial charge in [0.1, 0.15) is 18.2 Å². The van der Waals surface area contributed by atoms with Crippen LogP contribution in [0.15, 0.2) is 60.5 Å². The summed E-state index contributed by atoms with van der Waals surface area (Å²) in [6, 6.07) is 14.5. The van der Waals surface area contributed by atoms with Crippen molar-refractivity contribution in [3.63, 3.8) is 0 Å². The van der Waals surface area contributed by atoms with Crippen molar-refractivity contribution in [3.8, 4) is 11.5 Å². The predicted molar refractivity (Wildman–Crippen MR) is 115 cm³/mol. The summed E-state index contributed by atoms with van der Waals surface area (Å²) in [7, 11) is 0. The van der Waals surface area contributed by atoms with Crippen LogP contribution in [0.1, 0.15) is 27.2 Å². The van der Waals surface area contributed by atoms with E-state index in [2.05, 4.69) is 9.88 Å². The number of aromatic nitrogens is 1. The van der Waals surface area contributed by atoms with E-state index in [1.54, 1.807) is 24.4 Å². The lowest BCUT2D eigenvalue weighted by Gasteiger charge is -2.30. The molecule has 30 heavy (non-hydrogen) atoms. The molecule has 0 atom stereocenters. The number of pyridine rings is 1. The molecule has 150 valence electrons. The summed E-state index contributed by atoms with van der Waals surface area (Å²) in [5.74, 6) is 1.37. The highest BCUT2D eigenvalue weighted by atomic mass is 35.5. The van der Waals surface area contributed by atoms with Crippen molar-refractivity contribution in [1.82, 2.24) is 9.88 Å². The average Bonchev–Trinajstić information content (AvgIpc) is 3.07. The highest BCUT2D eigenvalue weighted by Crippen LogP contribution is 2.42. The zero-order chi connectivity index (χ0) is 20.7. The van der Waals surface area contributed by atoms with Gasteiger partial charge in [0.05, 0.1) is 16.8 Å². The normalized spacial score (nSPS) is 16.7. The number of Topliss-reactive ketones (excluding diaryl/α,β-unsaturated/α-hetero) is 1. The van der Waals surface area contributed by atoms with Crippen molar-refractivity contribution in [2.45, 2.75) is 13.1 Å². The van der Waals surface area contributed by atoms with Crippen molar-refractivity contribution in [2.75, 3.05) is 6.73 Å². The number of nitrogens with zero attached hydrogens (tertiary/aromatic N) is 2. The summed E-state index contributed by atoms with van der Waals surface area (Å²) < 4.78 is 11.9. The Kier molecular flexibility index (Phi) is 4.95. The van der Waals surface area contributed by atoms with Gasteiger partial charge in [-0.15, -0.1) is 0 Å². The Morgan fingerprint density at radius 2 is 2.03 bits per heavy atom. The van der Waals surface area contributed by atoms with Crippen LogP contribution in [-0.2, 0) is 13.1 Å². The molecule has 0 unspecified atom stereocenters. The second-order valence-corrected chi connectivity index (χ2v) is 7.95. The van der Waals surface area contributed by atoms with Crippen molar-refractivity contribution in [2.24, 2.45) is 0 Å². The van der Waals surface area contributed by atoms with E-state index in [1.807, 2.05) is 36.4 Å². The van der Waals surface area contributed by atoms with Crippen LogP contribution in [0.2, 0.25) is 10.0 Å². The van der Waals surface area contributed by atoms with Gasteiger partial charge < -0.3 is 9.47 Å². The first-order valence-corrected chi connectivity index (χ1v) is 10.1. The molecule has 0 fully saturated rings. The molecule has 0 bridgehead atoms. The molecule has 0 aliphatic carbocycles. The first-order chi connectivity index (χ1) is 14.6. The minimum absolute atomic E-state index is 0.156. The Morgan fingerprint density at radius 1 is 1.13 bits per heavy atom. The summed E-state index contributed by atoms with van der Waals surface area (Å²) in [6.07, 6.45) is 3.33. The molecule has 0 saturated heterocycles. The molecule has 2 aromatic carbocycles. The molecule has 1 aromatic heterocycles. The summed E-state index contributed by atoms with van der Waals surface area (Å²) in [6.45, 7) is 1.57. The number of carbonyl (C=O) groups is 1. The van der Waals surface area contributed by atoms with Crippen molar-refractivity contribution >= 4 is 35.1 Å². The van der Waals surface area contributed by atoms with E-state index < -0.39 is 0 Å². The summed E-state index contributed by atoms with van der Waals surface area (Å²) in [5.41, 5.74) is 3.00. The summed E-state index contributed by atoms with van der Waals surface area (Å²) in [4.78, 5) is 19.2. The van der Waals surface area contributed by atoms with Gasteiger partial charge in [0.25, 0.3) is 0 Å². The van der Waals surface area contributed by atoms with E-state index in [1.165, 1.54) is 0 Å². The lowest BCUT2D eigenvalue weighted by Crippen LogP contribution is -2.31. The standard InChI is InChI=1S/C23H16Cl2N2O3/c24-15-5-4-14(19(25)9-15)11-27-12-18-20(29-13-27)7-6-17-22(28)21(30-23(17)18)10-16-3-1-2-8-26-16/h1-10H,11-13H2/b21-10-. The number of benzene rings is 2. The van der Waals surface area contributed by atoms with Crippen molar-refractivity contribution in [3.05, 3.63) is 92.9 Å². The van der Waals surface area contributed by atoms with E-state index >= 15 is 0 Å². The van der Waals surface area contributed by atoms with Gasteiger partial charge in [0, 0.05) is 35.4 Å². The molecule has 7 heteroatoms. The SMILES string of the molecule is O=C1/C(=C/c2ccccn2)Oc2c1ccc1c2CN(Cc2ccc(Cl)cc2Cl)CO1. The minimum Gasteiger partial charge on any atom is -0.478 e. The molecular formula is C23H16Cl2N2O3. The van der Waals surface area contributed by atoms with Crippen LogP contribution in [-0.4, -0.2) is 22.4 Å². The maximum Gasteiger partial charge on any atom is 0.232 e. The van der Waals surface area contributed by atoms with Gasteiger partial charge in [-0.25, -0.2) is 0 Å². The molecule has 2 aliphatic rings. The van der Waals surface area contributed by atoms with Crippen LogP contribution >= 0.6 is 23.2 Å². The second kappa shape index (κ2) is 7.76. The molecule has 3 heterocycles. The Balaban J connectivity index is 1.43. The monoisotopic (exact) mass is 438 g/mol. The van der Waals surface area contributed by atoms with Crippen LogP contribution in [0.3, 0.4) is 0 Å². The number of hydrogen-bond donors (Lipinski definition) is 0. The number of fused-ring (bicyclic) bond motifs is 3. The summed E-state index contributed by atoms with van der Waals surface area (Å²) >= 11 is 12.3. The van der Waals surface area contributed by atoms with E-state index in [0.717, 1.165) is 16.9 Å². The molecular weight excluding hydrogens is 423 g/mol. The lowest BCUT2D eigenvalue weighted by molar-refractivity contribution is 0.0873. The Morgan fingerprint density at radius 3 is 2.83 bits per heavy atom. The fourth-order valence-electron chi connectivity index (χ4n) is 3.59. The fraction of sp³-hybridized carbons (Fsp3) is 0.130. The van der Waals surface area contributed by atoms with Gasteiger partial charge >= 0.3 is 0 Å². The highest BCUT2D eigenvalue weighted by Gasteiger charge is 2.33. The first kappa shape index (κ1) is 19.1. The van der Waals surface area contributed by atoms with Crippen molar-refractivity contribution in [1.29, 1.82) is 0 Å². The molecule has 0 radical (unpaired) electrons. The quantitative estimate of drug-likeness (QED) is 0.515. The van der Waals surface area contributed by atoms with Gasteiger partial charge in [0.15, 0.2) is 5.76 Å². The lowest BCUT2D eigenvalue weighted by atomic mass is 10.0. The fourth-order valence-corrected chi connectivity index (χ4v) is 4.06. The molecule has 0 N–H and O–H groups in total. The van der Waals surface area contributed by atoms with E-state index in [9.17, 15) is 4.79 Å². The topological polar surface area (TPSA) is 51.7 Å². The molecule has 5 rings (SSSR count). The maximum atomic E-state index is 12.8. The number of hydrogen-bond acceptors (Lipinski definition) is 5. The maximum absolute atomic E-state index is 12.8. The molecule has 0 spiro atoms. The third kappa shape index (κ3) is 3.56. The molecule has 0 amide bonds. The van der Waals surface area contributed by atoms with E-state index in [4.69, 9.17) is 32.7 Å². The minimum atomic E-state index is -0.156. The van der Waals surface area contributed by atoms with E-state index in [0.29, 0.717) is 46.9 Å². The van der Waals surface area contributed by atoms with Crippen LogP contribution in [0.5, 0.6) is 11.5 Å². The number of allylic oxidation sites excluding steroid dienone is 1. The number of halogens is 2. The van der Waals surface area contributed by atoms with Gasteiger partial charge in [-0.1, -0.05) is 35.3 Å². The Hall–Kier alpha value is -2.86. The largest absolute Gasteiger partial charge is 0.478 e. The Labute approximate surface area is 183 Å². The molecule has 5 nitrogen and oxygen atoms in total. The zero-order valence-corrected chi connectivity index (χ0v) is 17.3. The van der Waals surface area contributed by atoms with E-state index in [-0.39, 0.29) is 11.5 Å². The van der Waals surface area contributed by atoms with Gasteiger partial charge in [-0.05, 0) is 42.0 Å². The highest BCUT2D eigenvalue weighted by molar-refractivity contribution is 6.35. The van der Waals surface area contributed by atoms with Crippen LogP contribution in [0.4, 0.5) is 0 Å². The third-order valence-corrected chi connectivity index (χ3v) is 5.65. The number of ether oxygens (including phenoxy) is 2. The van der Waals surface area contributed by atoms with Crippen LogP contribution in [0.25, 0.3) is 6.08 Å². The Bertz CT molecular complexity index is 1180. The molecule has 0 saturated carbocycles. The second-order valence-electron chi connectivity index (χ2n) is 7.11. The van der Waals surface area contributed by atoms with Gasteiger partial charge in [0.2, 0.25) is 5.78 Å². The zero-order valence-electron chi connectivity index (χ0n) is 15.8. The van der Waals surface area contributed by atoms with Crippen LogP contribution in [0, 0.1) is 0 Å². The summed E-state index contributed by atoms with van der Waals surface area (Å²) in [5, 5.41) is 1.21. The average molecular weight is 439 g/mol. The van der Waals surface area contributed by atoms with Gasteiger partial charge in [-0.3, -0.25) is 14.7 Å². The van der Waals surface area contributed by atoms with Crippen molar-refractivity contribution < 1.29 is 14.3 Å². The number of carbonyl (C=O) groups excluding carboxylic acids is 1. The van der Waals surface area contributed by atoms with Crippen LogP contribution < -0.4 is 9.47 Å².